The summed E-state index contributed by atoms with van der Waals surface area (Å²) in [6.07, 6.45) is 0. The molecule has 0 radical (unpaired) electrons. The van der Waals surface area contributed by atoms with Crippen LogP contribution >= 0.6 is 22.6 Å². The summed E-state index contributed by atoms with van der Waals surface area (Å²) in [7, 11) is 0. The lowest BCUT2D eigenvalue weighted by Crippen LogP contribution is -1.99. The average Bonchev–Trinajstić information content (AvgIpc) is 2.46. The largest absolute Gasteiger partial charge is 0.439 e. The molecule has 0 aliphatic carbocycles. The van der Waals surface area contributed by atoms with Gasteiger partial charge in [-0.15, -0.1) is 0 Å². The van der Waals surface area contributed by atoms with E-state index in [-0.39, 0.29) is 0 Å². The molecule has 0 saturated heterocycles. The van der Waals surface area contributed by atoms with E-state index in [0.29, 0.717) is 12.4 Å². The van der Waals surface area contributed by atoms with Crippen molar-refractivity contribution in [2.45, 2.75) is 6.54 Å². The molecule has 2 N–H and O–H groups in total. The maximum absolute atomic E-state index is 5.84. The normalized spacial score (nSPS) is 10.7. The number of fused-ring (bicyclic) bond motifs is 1. The quantitative estimate of drug-likeness (QED) is 0.701. The molecule has 0 bridgehead atoms. The number of nitrogens with two attached hydrogens (primary N) is 1. The number of para-hydroxylation sites is 1. The lowest BCUT2D eigenvalue weighted by molar-refractivity contribution is 0.464. The second kappa shape index (κ2) is 5.76. The Labute approximate surface area is 130 Å². The van der Waals surface area contributed by atoms with E-state index in [0.717, 1.165) is 25.8 Å². The molecular weight excluding hydrogens is 363 g/mol. The zero-order chi connectivity index (χ0) is 13.9. The highest BCUT2D eigenvalue weighted by molar-refractivity contribution is 14.1. The molecule has 100 valence electrons. The summed E-state index contributed by atoms with van der Waals surface area (Å²) in [4.78, 5) is 4.53. The average molecular weight is 376 g/mol. The lowest BCUT2D eigenvalue weighted by atomic mass is 10.1. The SMILES string of the molecule is NCc1cc(Oc2cccc(I)c2)nc2ccccc12. The lowest BCUT2D eigenvalue weighted by Gasteiger charge is -2.09. The summed E-state index contributed by atoms with van der Waals surface area (Å²) in [6.45, 7) is 0.464. The highest BCUT2D eigenvalue weighted by atomic mass is 127. The summed E-state index contributed by atoms with van der Waals surface area (Å²) in [5, 5.41) is 1.07. The smallest absolute Gasteiger partial charge is 0.220 e. The maximum Gasteiger partial charge on any atom is 0.220 e. The molecule has 1 heterocycles. The van der Waals surface area contributed by atoms with Crippen molar-refractivity contribution < 1.29 is 4.74 Å². The number of benzene rings is 2. The van der Waals surface area contributed by atoms with Crippen LogP contribution in [0.15, 0.2) is 54.6 Å². The fourth-order valence-corrected chi connectivity index (χ4v) is 2.61. The van der Waals surface area contributed by atoms with E-state index in [1.54, 1.807) is 0 Å². The van der Waals surface area contributed by atoms with Gasteiger partial charge in [-0.05, 0) is 52.4 Å². The summed E-state index contributed by atoms with van der Waals surface area (Å²) in [6, 6.07) is 17.7. The number of ether oxygens (including phenoxy) is 1. The summed E-state index contributed by atoms with van der Waals surface area (Å²) in [5.41, 5.74) is 7.76. The number of halogens is 1. The predicted molar refractivity (Wildman–Crippen MR) is 88.9 cm³/mol. The zero-order valence-electron chi connectivity index (χ0n) is 10.7. The van der Waals surface area contributed by atoms with Gasteiger partial charge in [0.2, 0.25) is 5.88 Å². The van der Waals surface area contributed by atoms with Crippen LogP contribution in [0.1, 0.15) is 5.56 Å². The van der Waals surface area contributed by atoms with Crippen LogP contribution < -0.4 is 10.5 Å². The minimum absolute atomic E-state index is 0.464. The maximum atomic E-state index is 5.84. The van der Waals surface area contributed by atoms with Crippen LogP contribution in [0.3, 0.4) is 0 Å². The van der Waals surface area contributed by atoms with Gasteiger partial charge in [-0.1, -0.05) is 24.3 Å². The van der Waals surface area contributed by atoms with Gasteiger partial charge in [0.05, 0.1) is 5.52 Å². The van der Waals surface area contributed by atoms with E-state index in [2.05, 4.69) is 27.6 Å². The molecule has 20 heavy (non-hydrogen) atoms. The van der Waals surface area contributed by atoms with Crippen molar-refractivity contribution in [2.24, 2.45) is 5.73 Å². The Morgan fingerprint density at radius 3 is 2.70 bits per heavy atom. The van der Waals surface area contributed by atoms with Crippen LogP contribution in [0.25, 0.3) is 10.9 Å². The first-order valence-electron chi connectivity index (χ1n) is 6.28. The van der Waals surface area contributed by atoms with Crippen molar-refractivity contribution in [3.63, 3.8) is 0 Å². The Morgan fingerprint density at radius 2 is 1.90 bits per heavy atom. The van der Waals surface area contributed by atoms with Gasteiger partial charge < -0.3 is 10.5 Å². The highest BCUT2D eigenvalue weighted by Crippen LogP contribution is 2.26. The van der Waals surface area contributed by atoms with Crippen molar-refractivity contribution >= 4 is 33.5 Å². The molecule has 4 heteroatoms. The van der Waals surface area contributed by atoms with Gasteiger partial charge in [0.25, 0.3) is 0 Å². The van der Waals surface area contributed by atoms with Crippen LogP contribution in [-0.2, 0) is 6.54 Å². The van der Waals surface area contributed by atoms with Crippen molar-refractivity contribution in [1.29, 1.82) is 0 Å². The van der Waals surface area contributed by atoms with Gasteiger partial charge in [0.15, 0.2) is 0 Å². The van der Waals surface area contributed by atoms with Crippen molar-refractivity contribution in [3.05, 3.63) is 63.7 Å². The monoisotopic (exact) mass is 376 g/mol. The standard InChI is InChI=1S/C16H13IN2O/c17-12-4-3-5-13(9-12)20-16-8-11(10-18)14-6-1-2-7-15(14)19-16/h1-9H,10,18H2. The molecule has 0 saturated carbocycles. The fourth-order valence-electron chi connectivity index (χ4n) is 2.09. The van der Waals surface area contributed by atoms with Crippen LogP contribution in [0.4, 0.5) is 0 Å². The van der Waals surface area contributed by atoms with Crippen LogP contribution in [0.2, 0.25) is 0 Å². The van der Waals surface area contributed by atoms with Gasteiger partial charge >= 0.3 is 0 Å². The van der Waals surface area contributed by atoms with Crippen molar-refractivity contribution in [3.8, 4) is 11.6 Å². The van der Waals surface area contributed by atoms with Gasteiger partial charge in [-0.2, -0.15) is 0 Å². The third-order valence-corrected chi connectivity index (χ3v) is 3.69. The molecule has 0 aliphatic rings. The number of pyridine rings is 1. The molecule has 0 amide bonds. The number of nitrogens with zero attached hydrogens (tertiary/aromatic N) is 1. The van der Waals surface area contributed by atoms with E-state index >= 15 is 0 Å². The van der Waals surface area contributed by atoms with Gasteiger partial charge in [-0.25, -0.2) is 4.98 Å². The first-order chi connectivity index (χ1) is 9.76. The van der Waals surface area contributed by atoms with Gasteiger partial charge in [-0.3, -0.25) is 0 Å². The molecule has 3 rings (SSSR count). The molecule has 3 aromatic rings. The first-order valence-corrected chi connectivity index (χ1v) is 7.36. The van der Waals surface area contributed by atoms with E-state index in [1.165, 1.54) is 0 Å². The molecule has 3 nitrogen and oxygen atoms in total. The van der Waals surface area contributed by atoms with Crippen molar-refractivity contribution in [1.82, 2.24) is 4.98 Å². The third-order valence-electron chi connectivity index (χ3n) is 3.02. The highest BCUT2D eigenvalue weighted by Gasteiger charge is 2.06. The number of hydrogen-bond donors (Lipinski definition) is 1. The predicted octanol–water partition coefficient (Wildman–Crippen LogP) is 4.09. The molecule has 0 unspecified atom stereocenters. The number of hydrogen-bond acceptors (Lipinski definition) is 3. The van der Waals surface area contributed by atoms with Crippen LogP contribution in [0, 0.1) is 3.57 Å². The van der Waals surface area contributed by atoms with Crippen LogP contribution in [0.5, 0.6) is 11.6 Å². The molecule has 0 atom stereocenters. The molecule has 0 spiro atoms. The molecule has 2 aromatic carbocycles. The number of aromatic nitrogens is 1. The topological polar surface area (TPSA) is 48.1 Å². The Morgan fingerprint density at radius 1 is 1.05 bits per heavy atom. The fraction of sp³-hybridized carbons (Fsp3) is 0.0625. The van der Waals surface area contributed by atoms with Crippen LogP contribution in [-0.4, -0.2) is 4.98 Å². The van der Waals surface area contributed by atoms with E-state index in [4.69, 9.17) is 10.5 Å². The minimum Gasteiger partial charge on any atom is -0.439 e. The number of rotatable bonds is 3. The molecule has 0 fully saturated rings. The second-order valence-electron chi connectivity index (χ2n) is 4.40. The zero-order valence-corrected chi connectivity index (χ0v) is 12.9. The van der Waals surface area contributed by atoms with Gasteiger partial charge in [0.1, 0.15) is 5.75 Å². The van der Waals surface area contributed by atoms with E-state index in [9.17, 15) is 0 Å². The second-order valence-corrected chi connectivity index (χ2v) is 5.65. The Bertz CT molecular complexity index is 758. The first kappa shape index (κ1) is 13.3. The van der Waals surface area contributed by atoms with Crippen molar-refractivity contribution in [2.75, 3.05) is 0 Å². The Balaban J connectivity index is 2.03. The third kappa shape index (κ3) is 2.76. The molecule has 1 aromatic heterocycles. The Hall–Kier alpha value is -1.66. The van der Waals surface area contributed by atoms with E-state index < -0.39 is 0 Å². The van der Waals surface area contributed by atoms with Gasteiger partial charge in [0, 0.05) is 21.6 Å². The summed E-state index contributed by atoms with van der Waals surface area (Å²) in [5.74, 6) is 1.36. The molecule has 0 aliphatic heterocycles. The summed E-state index contributed by atoms with van der Waals surface area (Å²) < 4.78 is 6.96. The Kier molecular flexibility index (Phi) is 3.84. The molecular formula is C16H13IN2O. The minimum atomic E-state index is 0.464. The van der Waals surface area contributed by atoms with E-state index in [1.807, 2.05) is 54.6 Å². The summed E-state index contributed by atoms with van der Waals surface area (Å²) >= 11 is 2.26.